The van der Waals surface area contributed by atoms with Crippen molar-refractivity contribution in [1.29, 1.82) is 0 Å². The first-order chi connectivity index (χ1) is 7.65. The number of halogens is 1. The molecule has 0 saturated heterocycles. The molecule has 16 heavy (non-hydrogen) atoms. The van der Waals surface area contributed by atoms with Crippen LogP contribution in [-0.4, -0.2) is 16.7 Å². The summed E-state index contributed by atoms with van der Waals surface area (Å²) in [5, 5.41) is 2.55. The van der Waals surface area contributed by atoms with E-state index in [1.165, 1.54) is 12.3 Å². The van der Waals surface area contributed by atoms with Crippen LogP contribution >= 0.6 is 0 Å². The molecule has 1 aromatic rings. The molecule has 1 aliphatic carbocycles. The third-order valence-corrected chi connectivity index (χ3v) is 2.59. The number of carbonyl (C=O) groups is 2. The van der Waals surface area contributed by atoms with Gasteiger partial charge in [-0.05, 0) is 6.42 Å². The van der Waals surface area contributed by atoms with E-state index in [2.05, 4.69) is 10.3 Å². The molecule has 0 aromatic carbocycles. The molecule has 2 rings (SSSR count). The van der Waals surface area contributed by atoms with E-state index in [0.717, 1.165) is 6.20 Å². The molecule has 1 aromatic heterocycles. The van der Waals surface area contributed by atoms with Gasteiger partial charge >= 0.3 is 0 Å². The number of hydrogen-bond acceptors (Lipinski definition) is 3. The minimum absolute atomic E-state index is 0.109. The summed E-state index contributed by atoms with van der Waals surface area (Å²) in [6.07, 6.45) is 3.76. The van der Waals surface area contributed by atoms with Crippen molar-refractivity contribution in [2.24, 2.45) is 5.92 Å². The number of pyridine rings is 1. The van der Waals surface area contributed by atoms with E-state index in [1.54, 1.807) is 0 Å². The average molecular weight is 222 g/mol. The zero-order chi connectivity index (χ0) is 11.5. The molecule has 1 amide bonds. The number of aromatic nitrogens is 1. The SMILES string of the molecule is O=C1CC[C@H](C(=O)Nc2cncc(F)c2)C1. The van der Waals surface area contributed by atoms with E-state index in [-0.39, 0.29) is 24.0 Å². The van der Waals surface area contributed by atoms with Crippen molar-refractivity contribution in [3.63, 3.8) is 0 Å². The number of carbonyl (C=O) groups excluding carboxylic acids is 2. The Labute approximate surface area is 91.9 Å². The number of ketones is 1. The Morgan fingerprint density at radius 1 is 1.50 bits per heavy atom. The molecule has 1 saturated carbocycles. The van der Waals surface area contributed by atoms with Gasteiger partial charge < -0.3 is 5.32 Å². The van der Waals surface area contributed by atoms with Crippen molar-refractivity contribution in [2.45, 2.75) is 19.3 Å². The van der Waals surface area contributed by atoms with Crippen LogP contribution in [0.2, 0.25) is 0 Å². The highest BCUT2D eigenvalue weighted by Gasteiger charge is 2.28. The fourth-order valence-corrected chi connectivity index (χ4v) is 1.76. The van der Waals surface area contributed by atoms with E-state index >= 15 is 0 Å². The molecule has 4 nitrogen and oxygen atoms in total. The lowest BCUT2D eigenvalue weighted by atomic mass is 10.1. The molecule has 0 unspecified atom stereocenters. The van der Waals surface area contributed by atoms with Crippen LogP contribution in [0.25, 0.3) is 0 Å². The standard InChI is InChI=1S/C11H11FN2O2/c12-8-4-9(6-13-5-8)14-11(16)7-1-2-10(15)3-7/h4-7H,1-3H2,(H,14,16)/t7-/m0/s1. The fourth-order valence-electron chi connectivity index (χ4n) is 1.76. The van der Waals surface area contributed by atoms with Gasteiger partial charge in [0, 0.05) is 24.8 Å². The second-order valence-electron chi connectivity index (χ2n) is 3.86. The van der Waals surface area contributed by atoms with Gasteiger partial charge in [-0.2, -0.15) is 0 Å². The monoisotopic (exact) mass is 222 g/mol. The quantitative estimate of drug-likeness (QED) is 0.825. The van der Waals surface area contributed by atoms with E-state index in [0.29, 0.717) is 18.5 Å². The summed E-state index contributed by atoms with van der Waals surface area (Å²) >= 11 is 0. The van der Waals surface area contributed by atoms with Crippen LogP contribution in [0.4, 0.5) is 10.1 Å². The van der Waals surface area contributed by atoms with Crippen molar-refractivity contribution in [2.75, 3.05) is 5.32 Å². The van der Waals surface area contributed by atoms with Crippen molar-refractivity contribution >= 4 is 17.4 Å². The van der Waals surface area contributed by atoms with Gasteiger partial charge in [-0.1, -0.05) is 0 Å². The number of amides is 1. The van der Waals surface area contributed by atoms with E-state index < -0.39 is 5.82 Å². The van der Waals surface area contributed by atoms with E-state index in [9.17, 15) is 14.0 Å². The van der Waals surface area contributed by atoms with E-state index in [1.807, 2.05) is 0 Å². The number of anilines is 1. The molecule has 1 N–H and O–H groups in total. The number of rotatable bonds is 2. The first kappa shape index (κ1) is 10.7. The Morgan fingerprint density at radius 3 is 2.94 bits per heavy atom. The summed E-state index contributed by atoms with van der Waals surface area (Å²) in [5.41, 5.74) is 0.323. The molecular weight excluding hydrogens is 211 g/mol. The normalized spacial score (nSPS) is 19.8. The molecule has 5 heteroatoms. The molecule has 0 radical (unpaired) electrons. The van der Waals surface area contributed by atoms with Crippen LogP contribution in [0.3, 0.4) is 0 Å². The molecule has 1 atom stereocenters. The second kappa shape index (κ2) is 4.38. The van der Waals surface area contributed by atoms with Gasteiger partial charge in [-0.15, -0.1) is 0 Å². The van der Waals surface area contributed by atoms with Crippen LogP contribution in [0.5, 0.6) is 0 Å². The predicted molar refractivity (Wildman–Crippen MR) is 55.2 cm³/mol. The van der Waals surface area contributed by atoms with Gasteiger partial charge in [0.15, 0.2) is 0 Å². The van der Waals surface area contributed by atoms with Gasteiger partial charge in [0.05, 0.1) is 18.1 Å². The number of hydrogen-bond donors (Lipinski definition) is 1. The Hall–Kier alpha value is -1.78. The minimum Gasteiger partial charge on any atom is -0.324 e. The smallest absolute Gasteiger partial charge is 0.227 e. The number of Topliss-reactive ketones (excluding diaryl/α,β-unsaturated/α-hetero) is 1. The van der Waals surface area contributed by atoms with Gasteiger partial charge in [0.1, 0.15) is 11.6 Å². The van der Waals surface area contributed by atoms with Crippen molar-refractivity contribution < 1.29 is 14.0 Å². The van der Waals surface area contributed by atoms with Crippen LogP contribution < -0.4 is 5.32 Å². The molecule has 84 valence electrons. The molecule has 1 fully saturated rings. The van der Waals surface area contributed by atoms with Gasteiger partial charge in [-0.25, -0.2) is 4.39 Å². The van der Waals surface area contributed by atoms with Crippen molar-refractivity contribution in [1.82, 2.24) is 4.98 Å². The lowest BCUT2D eigenvalue weighted by Crippen LogP contribution is -2.20. The highest BCUT2D eigenvalue weighted by molar-refractivity contribution is 5.97. The lowest BCUT2D eigenvalue weighted by molar-refractivity contribution is -0.122. The number of nitrogens with one attached hydrogen (secondary N) is 1. The number of nitrogens with zero attached hydrogens (tertiary/aromatic N) is 1. The zero-order valence-corrected chi connectivity index (χ0v) is 8.57. The maximum Gasteiger partial charge on any atom is 0.227 e. The van der Waals surface area contributed by atoms with Gasteiger partial charge in [-0.3, -0.25) is 14.6 Å². The van der Waals surface area contributed by atoms with Gasteiger partial charge in [0.25, 0.3) is 0 Å². The van der Waals surface area contributed by atoms with Gasteiger partial charge in [0.2, 0.25) is 5.91 Å². The summed E-state index contributed by atoms with van der Waals surface area (Å²) in [6.45, 7) is 0. The zero-order valence-electron chi connectivity index (χ0n) is 8.57. The molecule has 1 aliphatic rings. The minimum atomic E-state index is -0.500. The van der Waals surface area contributed by atoms with Crippen LogP contribution in [0.1, 0.15) is 19.3 Å². The topological polar surface area (TPSA) is 59.1 Å². The molecular formula is C11H11FN2O2. The fraction of sp³-hybridized carbons (Fsp3) is 0.364. The second-order valence-corrected chi connectivity index (χ2v) is 3.86. The molecule has 1 heterocycles. The third kappa shape index (κ3) is 2.42. The van der Waals surface area contributed by atoms with Crippen molar-refractivity contribution in [3.05, 3.63) is 24.3 Å². The lowest BCUT2D eigenvalue weighted by Gasteiger charge is -2.08. The third-order valence-electron chi connectivity index (χ3n) is 2.59. The maximum atomic E-state index is 12.8. The summed E-state index contributed by atoms with van der Waals surface area (Å²) in [7, 11) is 0. The predicted octanol–water partition coefficient (Wildman–Crippen LogP) is 1.53. The Kier molecular flexibility index (Phi) is 2.94. The summed E-state index contributed by atoms with van der Waals surface area (Å²) < 4.78 is 12.8. The Bertz CT molecular complexity index is 434. The Morgan fingerprint density at radius 2 is 2.31 bits per heavy atom. The summed E-state index contributed by atoms with van der Waals surface area (Å²) in [4.78, 5) is 26.3. The largest absolute Gasteiger partial charge is 0.324 e. The molecule has 0 bridgehead atoms. The Balaban J connectivity index is 1.99. The first-order valence-electron chi connectivity index (χ1n) is 5.08. The van der Waals surface area contributed by atoms with Crippen molar-refractivity contribution in [3.8, 4) is 0 Å². The molecule has 0 aliphatic heterocycles. The van der Waals surface area contributed by atoms with Crippen LogP contribution in [0, 0.1) is 11.7 Å². The first-order valence-corrected chi connectivity index (χ1v) is 5.08. The van der Waals surface area contributed by atoms with Crippen LogP contribution in [0.15, 0.2) is 18.5 Å². The molecule has 0 spiro atoms. The maximum absolute atomic E-state index is 12.8. The summed E-state index contributed by atoms with van der Waals surface area (Å²) in [5.74, 6) is -0.910. The van der Waals surface area contributed by atoms with Crippen LogP contribution in [-0.2, 0) is 9.59 Å². The average Bonchev–Trinajstić information content (AvgIpc) is 2.65. The summed E-state index contributed by atoms with van der Waals surface area (Å²) in [6, 6.07) is 1.20. The highest BCUT2D eigenvalue weighted by Crippen LogP contribution is 2.23. The van der Waals surface area contributed by atoms with E-state index in [4.69, 9.17) is 0 Å². The highest BCUT2D eigenvalue weighted by atomic mass is 19.1.